The normalized spacial score (nSPS) is 12.0. The molecule has 0 aliphatic carbocycles. The summed E-state index contributed by atoms with van der Waals surface area (Å²) in [5, 5.41) is 11.5. The van der Waals surface area contributed by atoms with Crippen LogP contribution in [0.4, 0.5) is 22.7 Å². The highest BCUT2D eigenvalue weighted by molar-refractivity contribution is 5.63. The minimum atomic E-state index is 0.748. The van der Waals surface area contributed by atoms with Gasteiger partial charge in [-0.2, -0.15) is 0 Å². The average Bonchev–Trinajstić information content (AvgIpc) is 2.57. The van der Waals surface area contributed by atoms with Gasteiger partial charge in [-0.05, 0) is 53.6 Å². The lowest BCUT2D eigenvalue weighted by Crippen LogP contribution is -2.03. The molecule has 2 aromatic carbocycles. The molecule has 0 saturated heterocycles. The van der Waals surface area contributed by atoms with Crippen LogP contribution in [0, 0.1) is 0 Å². The van der Waals surface area contributed by atoms with Gasteiger partial charge in [0.05, 0.1) is 12.2 Å². The van der Waals surface area contributed by atoms with Crippen LogP contribution in [0.5, 0.6) is 0 Å². The fourth-order valence-corrected chi connectivity index (χ4v) is 1.80. The van der Waals surface area contributed by atoms with Crippen LogP contribution in [0.1, 0.15) is 0 Å². The number of nitrogen functional groups attached to an aromatic ring is 1. The largest absolute Gasteiger partial charge is 0.399 e. The minimum Gasteiger partial charge on any atom is -0.399 e. The number of hydrogen-bond donors (Lipinski definition) is 2. The van der Waals surface area contributed by atoms with Gasteiger partial charge in [0.1, 0.15) is 11.9 Å². The molecular weight excluding hydrogens is 300 g/mol. The van der Waals surface area contributed by atoms with Gasteiger partial charge in [0.15, 0.2) is 0 Å². The number of nitrogens with zero attached hydrogens (tertiary/aromatic N) is 4. The van der Waals surface area contributed by atoms with E-state index in [1.165, 1.54) is 0 Å². The maximum Gasteiger partial charge on any atom is 0.314 e. The summed E-state index contributed by atoms with van der Waals surface area (Å²) >= 11 is 0. The van der Waals surface area contributed by atoms with E-state index < -0.39 is 0 Å². The molecule has 24 heavy (non-hydrogen) atoms. The van der Waals surface area contributed by atoms with Gasteiger partial charge in [0.25, 0.3) is 0 Å². The fraction of sp³-hybridized carbons (Fsp3) is 0.167. The van der Waals surface area contributed by atoms with Gasteiger partial charge in [0, 0.05) is 37.4 Å². The van der Waals surface area contributed by atoms with Crippen molar-refractivity contribution in [3.63, 3.8) is 0 Å². The number of azo groups is 1. The molecule has 0 bridgehead atoms. The Morgan fingerprint density at radius 1 is 1.00 bits per heavy atom. The van der Waals surface area contributed by atoms with Crippen LogP contribution < -0.4 is 11.1 Å². The van der Waals surface area contributed by atoms with Crippen LogP contribution in [-0.2, 0) is 0 Å². The Kier molecular flexibility index (Phi) is 6.08. The molecular formula is C18H23N6+. The lowest BCUT2D eigenvalue weighted by molar-refractivity contribution is -0.418. The number of anilines is 3. The van der Waals surface area contributed by atoms with Crippen molar-refractivity contribution in [1.82, 2.24) is 4.90 Å². The SMILES string of the molecule is CN(C)/C=C\[N+](C)=CN=Nc1ccc(Nc2ccc(N)cc2)cc1. The summed E-state index contributed by atoms with van der Waals surface area (Å²) in [6.07, 6.45) is 5.49. The Hall–Kier alpha value is -3.15. The first kappa shape index (κ1) is 17.2. The second-order valence-corrected chi connectivity index (χ2v) is 5.55. The first-order valence-corrected chi connectivity index (χ1v) is 7.56. The molecule has 0 aliphatic rings. The Morgan fingerprint density at radius 3 is 2.17 bits per heavy atom. The zero-order valence-electron chi connectivity index (χ0n) is 14.2. The maximum atomic E-state index is 5.68. The average molecular weight is 323 g/mol. The van der Waals surface area contributed by atoms with E-state index in [2.05, 4.69) is 15.5 Å². The van der Waals surface area contributed by atoms with Crippen molar-refractivity contribution in [2.45, 2.75) is 0 Å². The monoisotopic (exact) mass is 323 g/mol. The third kappa shape index (κ3) is 5.92. The van der Waals surface area contributed by atoms with E-state index in [9.17, 15) is 0 Å². The predicted molar refractivity (Wildman–Crippen MR) is 100 cm³/mol. The first-order valence-electron chi connectivity index (χ1n) is 7.56. The fourth-order valence-electron chi connectivity index (χ4n) is 1.80. The number of nitrogens with two attached hydrogens (primary N) is 1. The Balaban J connectivity index is 1.95. The highest BCUT2D eigenvalue weighted by Gasteiger charge is 1.97. The predicted octanol–water partition coefficient (Wildman–Crippen LogP) is 3.80. The molecule has 0 atom stereocenters. The molecule has 124 valence electrons. The van der Waals surface area contributed by atoms with Crippen LogP contribution in [0.25, 0.3) is 0 Å². The van der Waals surface area contributed by atoms with Crippen molar-refractivity contribution >= 4 is 29.1 Å². The van der Waals surface area contributed by atoms with E-state index in [1.807, 2.05) is 91.5 Å². The van der Waals surface area contributed by atoms with Gasteiger partial charge in [-0.3, -0.25) is 0 Å². The molecule has 0 radical (unpaired) electrons. The van der Waals surface area contributed by atoms with E-state index in [-0.39, 0.29) is 0 Å². The van der Waals surface area contributed by atoms with Crippen LogP contribution >= 0.6 is 0 Å². The number of benzene rings is 2. The van der Waals surface area contributed by atoms with Gasteiger partial charge in [-0.25, -0.2) is 4.58 Å². The molecule has 0 saturated carbocycles. The van der Waals surface area contributed by atoms with Crippen molar-refractivity contribution in [3.05, 3.63) is 60.9 Å². The second kappa shape index (κ2) is 8.47. The highest BCUT2D eigenvalue weighted by atomic mass is 15.2. The third-order valence-corrected chi connectivity index (χ3v) is 3.07. The molecule has 0 unspecified atom stereocenters. The zero-order valence-corrected chi connectivity index (χ0v) is 14.2. The van der Waals surface area contributed by atoms with E-state index in [0.29, 0.717) is 0 Å². The molecule has 6 heteroatoms. The molecule has 0 aliphatic heterocycles. The Morgan fingerprint density at radius 2 is 1.58 bits per heavy atom. The number of nitrogens with one attached hydrogen (secondary N) is 1. The Labute approximate surface area is 142 Å². The molecule has 0 amide bonds. The van der Waals surface area contributed by atoms with Crippen molar-refractivity contribution in [3.8, 4) is 0 Å². The molecule has 0 fully saturated rings. The lowest BCUT2D eigenvalue weighted by Gasteiger charge is -2.06. The summed E-state index contributed by atoms with van der Waals surface area (Å²) in [5.74, 6) is 0. The van der Waals surface area contributed by atoms with Crippen LogP contribution in [0.2, 0.25) is 0 Å². The van der Waals surface area contributed by atoms with Crippen molar-refractivity contribution in [2.24, 2.45) is 10.2 Å². The summed E-state index contributed by atoms with van der Waals surface area (Å²) < 4.78 is 1.83. The molecule has 0 aromatic heterocycles. The van der Waals surface area contributed by atoms with E-state index in [0.717, 1.165) is 22.7 Å². The maximum absolute atomic E-state index is 5.68. The van der Waals surface area contributed by atoms with Crippen LogP contribution in [0.15, 0.2) is 71.2 Å². The zero-order chi connectivity index (χ0) is 17.4. The standard InChI is InChI=1S/C18H22N6/c1-23(2)12-13-24(3)14-20-22-18-10-8-17(9-11-18)21-16-6-4-15(19)5-7-16/h4-14H,1-3H3,(H2,19,22)/p+1/b13-12-. The van der Waals surface area contributed by atoms with E-state index in [1.54, 1.807) is 6.34 Å². The summed E-state index contributed by atoms with van der Waals surface area (Å²) in [5.41, 5.74) is 9.18. The minimum absolute atomic E-state index is 0.748. The summed E-state index contributed by atoms with van der Waals surface area (Å²) in [4.78, 5) is 1.95. The van der Waals surface area contributed by atoms with Crippen LogP contribution in [-0.4, -0.2) is 37.0 Å². The molecule has 6 nitrogen and oxygen atoms in total. The van der Waals surface area contributed by atoms with Gasteiger partial charge < -0.3 is 16.0 Å². The van der Waals surface area contributed by atoms with Gasteiger partial charge in [0.2, 0.25) is 0 Å². The van der Waals surface area contributed by atoms with Crippen molar-refractivity contribution < 1.29 is 4.58 Å². The van der Waals surface area contributed by atoms with Gasteiger partial charge >= 0.3 is 6.34 Å². The molecule has 0 spiro atoms. The van der Waals surface area contributed by atoms with Gasteiger partial charge in [-0.1, -0.05) is 0 Å². The van der Waals surface area contributed by atoms with Crippen molar-refractivity contribution in [1.29, 1.82) is 0 Å². The molecule has 2 rings (SSSR count). The lowest BCUT2D eigenvalue weighted by atomic mass is 10.2. The molecule has 2 aromatic rings. The van der Waals surface area contributed by atoms with Crippen LogP contribution in [0.3, 0.4) is 0 Å². The second-order valence-electron chi connectivity index (χ2n) is 5.55. The quantitative estimate of drug-likeness (QED) is 0.279. The van der Waals surface area contributed by atoms with E-state index >= 15 is 0 Å². The number of rotatable bonds is 6. The Bertz CT molecular complexity index is 727. The highest BCUT2D eigenvalue weighted by Crippen LogP contribution is 2.21. The van der Waals surface area contributed by atoms with Crippen molar-refractivity contribution in [2.75, 3.05) is 32.2 Å². The summed E-state index contributed by atoms with van der Waals surface area (Å²) in [6.45, 7) is 0. The molecule has 3 N–H and O–H groups in total. The summed E-state index contributed by atoms with van der Waals surface area (Å²) in [6, 6.07) is 15.3. The summed E-state index contributed by atoms with van der Waals surface area (Å²) in [7, 11) is 5.83. The third-order valence-electron chi connectivity index (χ3n) is 3.07. The smallest absolute Gasteiger partial charge is 0.314 e. The first-order chi connectivity index (χ1) is 11.5. The molecule has 0 heterocycles. The number of hydrogen-bond acceptors (Lipinski definition) is 4. The van der Waals surface area contributed by atoms with E-state index in [4.69, 9.17) is 5.73 Å². The topological polar surface area (TPSA) is 69.0 Å². The van der Waals surface area contributed by atoms with Gasteiger partial charge in [-0.15, -0.1) is 0 Å².